The van der Waals surface area contributed by atoms with Crippen molar-refractivity contribution in [3.63, 3.8) is 0 Å². The van der Waals surface area contributed by atoms with Gasteiger partial charge in [0.1, 0.15) is 11.3 Å². The van der Waals surface area contributed by atoms with Crippen LogP contribution in [0.1, 0.15) is 27.0 Å². The predicted octanol–water partition coefficient (Wildman–Crippen LogP) is 3.86. The zero-order chi connectivity index (χ0) is 25.2. The van der Waals surface area contributed by atoms with Gasteiger partial charge in [0.25, 0.3) is 15.9 Å². The highest BCUT2D eigenvalue weighted by Crippen LogP contribution is 2.34. The van der Waals surface area contributed by atoms with Crippen molar-refractivity contribution in [3.8, 4) is 5.75 Å². The second-order valence-corrected chi connectivity index (χ2v) is 10.1. The number of nitrogens with one attached hydrogen (secondary N) is 1. The van der Waals surface area contributed by atoms with E-state index in [0.717, 1.165) is 16.7 Å². The Balaban J connectivity index is 1.52. The van der Waals surface area contributed by atoms with Crippen molar-refractivity contribution in [2.24, 2.45) is 0 Å². The quantitative estimate of drug-likeness (QED) is 0.501. The summed E-state index contributed by atoms with van der Waals surface area (Å²) in [6.45, 7) is 3.54. The molecule has 8 nitrogen and oxygen atoms in total. The molecule has 35 heavy (non-hydrogen) atoms. The first-order chi connectivity index (χ1) is 16.7. The van der Waals surface area contributed by atoms with Crippen molar-refractivity contribution >= 4 is 33.3 Å². The highest BCUT2D eigenvalue weighted by Gasteiger charge is 2.32. The first kappa shape index (κ1) is 24.3. The number of carbonyl (C=O) groups excluding carboxylic acids is 2. The van der Waals surface area contributed by atoms with E-state index in [0.29, 0.717) is 24.3 Å². The van der Waals surface area contributed by atoms with Gasteiger partial charge in [-0.2, -0.15) is 0 Å². The van der Waals surface area contributed by atoms with Gasteiger partial charge in [-0.1, -0.05) is 30.3 Å². The fraction of sp³-hybridized carbons (Fsp3) is 0.231. The third kappa shape index (κ3) is 5.00. The molecule has 182 valence electrons. The Kier molecular flexibility index (Phi) is 6.79. The Hall–Kier alpha value is -3.85. The van der Waals surface area contributed by atoms with E-state index in [4.69, 9.17) is 9.47 Å². The van der Waals surface area contributed by atoms with Gasteiger partial charge in [-0.05, 0) is 67.3 Å². The number of carbonyl (C=O) groups is 2. The molecule has 0 atom stereocenters. The largest absolute Gasteiger partial charge is 0.496 e. The molecule has 0 unspecified atom stereocenters. The van der Waals surface area contributed by atoms with Gasteiger partial charge >= 0.3 is 5.97 Å². The van der Waals surface area contributed by atoms with Gasteiger partial charge in [-0.15, -0.1) is 0 Å². The lowest BCUT2D eigenvalue weighted by atomic mass is 10.1. The Bertz CT molecular complexity index is 1400. The molecule has 3 aromatic rings. The van der Waals surface area contributed by atoms with Crippen molar-refractivity contribution in [3.05, 3.63) is 82.9 Å². The summed E-state index contributed by atoms with van der Waals surface area (Å²) in [5.41, 5.74) is 3.96. The van der Waals surface area contributed by atoms with Crippen molar-refractivity contribution in [2.45, 2.75) is 25.2 Å². The monoisotopic (exact) mass is 494 g/mol. The number of esters is 1. The summed E-state index contributed by atoms with van der Waals surface area (Å²) >= 11 is 0. The molecule has 0 saturated carbocycles. The average molecular weight is 495 g/mol. The summed E-state index contributed by atoms with van der Waals surface area (Å²) in [4.78, 5) is 25.1. The number of anilines is 2. The lowest BCUT2D eigenvalue weighted by molar-refractivity contribution is -0.119. The molecule has 0 aromatic heterocycles. The number of ether oxygens (including phenoxy) is 2. The Morgan fingerprint density at radius 3 is 2.57 bits per heavy atom. The van der Waals surface area contributed by atoms with Crippen molar-refractivity contribution in [1.29, 1.82) is 0 Å². The van der Waals surface area contributed by atoms with Crippen LogP contribution in [0, 0.1) is 13.8 Å². The summed E-state index contributed by atoms with van der Waals surface area (Å²) in [6.07, 6.45) is 0.607. The number of methoxy groups -OCH3 is 1. The van der Waals surface area contributed by atoms with Crippen molar-refractivity contribution in [1.82, 2.24) is 0 Å². The topological polar surface area (TPSA) is 102 Å². The first-order valence-corrected chi connectivity index (χ1v) is 12.5. The second kappa shape index (κ2) is 9.79. The molecule has 1 amide bonds. The molecule has 1 N–H and O–H groups in total. The number of aryl methyl sites for hydroxylation is 2. The Morgan fingerprint density at radius 2 is 1.80 bits per heavy atom. The predicted molar refractivity (Wildman–Crippen MR) is 132 cm³/mol. The van der Waals surface area contributed by atoms with Gasteiger partial charge in [0, 0.05) is 12.2 Å². The van der Waals surface area contributed by atoms with Crippen LogP contribution in [0.5, 0.6) is 5.75 Å². The number of benzene rings is 3. The molecule has 1 heterocycles. The molecule has 0 saturated heterocycles. The van der Waals surface area contributed by atoms with Crippen LogP contribution in [-0.4, -0.2) is 40.6 Å². The van der Waals surface area contributed by atoms with Crippen molar-refractivity contribution in [2.75, 3.05) is 29.9 Å². The summed E-state index contributed by atoms with van der Waals surface area (Å²) in [7, 11) is -2.56. The van der Waals surface area contributed by atoms with E-state index in [2.05, 4.69) is 5.32 Å². The number of rotatable bonds is 7. The molecule has 0 radical (unpaired) electrons. The van der Waals surface area contributed by atoms with E-state index in [9.17, 15) is 18.0 Å². The highest BCUT2D eigenvalue weighted by molar-refractivity contribution is 7.92. The van der Waals surface area contributed by atoms with E-state index in [-0.39, 0.29) is 16.2 Å². The SMILES string of the molecule is COc1ccc(S(=O)(=O)N2CCc3ccccc32)cc1C(=O)OCC(=O)Nc1cc(C)ccc1C. The van der Waals surface area contributed by atoms with Crippen LogP contribution in [-0.2, 0) is 26.0 Å². The molecule has 9 heteroatoms. The maximum Gasteiger partial charge on any atom is 0.342 e. The van der Waals surface area contributed by atoms with Crippen molar-refractivity contribution < 1.29 is 27.5 Å². The lowest BCUT2D eigenvalue weighted by Crippen LogP contribution is -2.29. The maximum absolute atomic E-state index is 13.4. The summed E-state index contributed by atoms with van der Waals surface area (Å²) in [5, 5.41) is 2.72. The molecule has 0 aliphatic carbocycles. The summed E-state index contributed by atoms with van der Waals surface area (Å²) in [6, 6.07) is 17.0. The fourth-order valence-electron chi connectivity index (χ4n) is 3.96. The molecule has 3 aromatic carbocycles. The standard InChI is InChI=1S/C26H26N2O6S/c1-17-8-9-18(2)22(14-17)27-25(29)16-34-26(30)21-15-20(10-11-24(21)33-3)35(31,32)28-13-12-19-6-4-5-7-23(19)28/h4-11,14-15H,12-13,16H2,1-3H3,(H,27,29). The minimum Gasteiger partial charge on any atom is -0.496 e. The maximum atomic E-state index is 13.4. The van der Waals surface area contributed by atoms with E-state index < -0.39 is 28.5 Å². The molecule has 0 fully saturated rings. The number of nitrogens with zero attached hydrogens (tertiary/aromatic N) is 1. The van der Waals surface area contributed by atoms with Gasteiger partial charge in [-0.25, -0.2) is 13.2 Å². The van der Waals surface area contributed by atoms with E-state index in [1.807, 2.05) is 44.2 Å². The molecule has 4 rings (SSSR count). The number of hydrogen-bond donors (Lipinski definition) is 1. The molecular weight excluding hydrogens is 468 g/mol. The van der Waals surface area contributed by atoms with E-state index >= 15 is 0 Å². The fourth-order valence-corrected chi connectivity index (χ4v) is 5.49. The Morgan fingerprint density at radius 1 is 1.03 bits per heavy atom. The normalized spacial score (nSPS) is 12.7. The number of fused-ring (bicyclic) bond motifs is 1. The molecule has 1 aliphatic heterocycles. The minimum absolute atomic E-state index is 0.0678. The van der Waals surface area contributed by atoms with Gasteiger partial charge in [0.2, 0.25) is 0 Å². The van der Waals surface area contributed by atoms with E-state index in [1.165, 1.54) is 29.6 Å². The number of sulfonamides is 1. The third-order valence-corrected chi connectivity index (χ3v) is 7.63. The number of hydrogen-bond acceptors (Lipinski definition) is 6. The second-order valence-electron chi connectivity index (χ2n) is 8.26. The zero-order valence-corrected chi connectivity index (χ0v) is 20.5. The van der Waals surface area contributed by atoms with Gasteiger partial charge < -0.3 is 14.8 Å². The Labute approximate surface area is 204 Å². The lowest BCUT2D eigenvalue weighted by Gasteiger charge is -2.20. The molecular formula is C26H26N2O6S. The van der Waals surface area contributed by atoms with Crippen LogP contribution in [0.25, 0.3) is 0 Å². The molecule has 0 spiro atoms. The highest BCUT2D eigenvalue weighted by atomic mass is 32.2. The van der Waals surface area contributed by atoms with Crippen LogP contribution in [0.4, 0.5) is 11.4 Å². The van der Waals surface area contributed by atoms with Crippen LogP contribution in [0.2, 0.25) is 0 Å². The summed E-state index contributed by atoms with van der Waals surface area (Å²) < 4.78 is 38.5. The average Bonchev–Trinajstić information content (AvgIpc) is 3.29. The zero-order valence-electron chi connectivity index (χ0n) is 19.7. The van der Waals surface area contributed by atoms with Crippen LogP contribution < -0.4 is 14.4 Å². The molecule has 1 aliphatic rings. The first-order valence-electron chi connectivity index (χ1n) is 11.0. The number of para-hydroxylation sites is 1. The van der Waals surface area contributed by atoms with Gasteiger partial charge in [-0.3, -0.25) is 9.10 Å². The van der Waals surface area contributed by atoms with Crippen LogP contribution in [0.3, 0.4) is 0 Å². The van der Waals surface area contributed by atoms with Crippen LogP contribution in [0.15, 0.2) is 65.6 Å². The number of amides is 1. The van der Waals surface area contributed by atoms with E-state index in [1.54, 1.807) is 12.1 Å². The summed E-state index contributed by atoms with van der Waals surface area (Å²) in [5.74, 6) is -1.23. The van der Waals surface area contributed by atoms with Crippen LogP contribution >= 0.6 is 0 Å². The van der Waals surface area contributed by atoms with Gasteiger partial charge in [0.05, 0.1) is 17.7 Å². The minimum atomic E-state index is -3.92. The third-order valence-electron chi connectivity index (χ3n) is 5.82. The smallest absolute Gasteiger partial charge is 0.342 e. The van der Waals surface area contributed by atoms with Gasteiger partial charge in [0.15, 0.2) is 6.61 Å². The molecule has 0 bridgehead atoms.